The summed E-state index contributed by atoms with van der Waals surface area (Å²) >= 11 is 4.80. The molecule has 0 unspecified atom stereocenters. The highest BCUT2D eigenvalue weighted by Crippen LogP contribution is 2.40. The summed E-state index contributed by atoms with van der Waals surface area (Å²) in [6.45, 7) is 5.67. The van der Waals surface area contributed by atoms with Gasteiger partial charge < -0.3 is 20.1 Å². The third-order valence-corrected chi connectivity index (χ3v) is 7.94. The van der Waals surface area contributed by atoms with Crippen molar-refractivity contribution in [1.29, 1.82) is 0 Å². The van der Waals surface area contributed by atoms with Crippen molar-refractivity contribution in [3.63, 3.8) is 0 Å². The van der Waals surface area contributed by atoms with Crippen molar-refractivity contribution in [3.05, 3.63) is 66.7 Å². The van der Waals surface area contributed by atoms with Crippen LogP contribution in [0.25, 0.3) is 0 Å². The maximum Gasteiger partial charge on any atom is 0.407 e. The molecule has 0 aliphatic rings. The van der Waals surface area contributed by atoms with Gasteiger partial charge in [0, 0.05) is 21.2 Å². The van der Waals surface area contributed by atoms with Crippen LogP contribution in [0.2, 0.25) is 0 Å². The Balaban J connectivity index is 1.62. The predicted molar refractivity (Wildman–Crippen MR) is 141 cm³/mol. The maximum absolute atomic E-state index is 13.0. The molecule has 0 bridgehead atoms. The van der Waals surface area contributed by atoms with Crippen molar-refractivity contribution in [1.82, 2.24) is 10.6 Å². The van der Waals surface area contributed by atoms with Gasteiger partial charge >= 0.3 is 12.1 Å². The number of amides is 2. The summed E-state index contributed by atoms with van der Waals surface area (Å²) in [5.41, 5.74) is -0.585. The Hall–Kier alpha value is -2.69. The predicted octanol–water partition coefficient (Wildman–Crippen LogP) is 5.63. The van der Waals surface area contributed by atoms with Crippen molar-refractivity contribution >= 4 is 52.0 Å². The van der Waals surface area contributed by atoms with Gasteiger partial charge in [-0.25, -0.2) is 9.59 Å². The Bertz CT molecular complexity index is 1070. The average molecular weight is 535 g/mol. The van der Waals surface area contributed by atoms with E-state index in [4.69, 9.17) is 9.47 Å². The lowest BCUT2D eigenvalue weighted by molar-refractivity contribution is -0.143. The molecule has 0 radical (unpaired) electrons. The smallest absolute Gasteiger partial charge is 0.407 e. The second-order valence-corrected chi connectivity index (χ2v) is 11.9. The van der Waals surface area contributed by atoms with Gasteiger partial charge in [-0.05, 0) is 68.6 Å². The highest BCUT2D eigenvalue weighted by Gasteiger charge is 2.25. The van der Waals surface area contributed by atoms with Crippen LogP contribution in [-0.2, 0) is 14.3 Å². The van der Waals surface area contributed by atoms with E-state index in [9.17, 15) is 14.4 Å². The SMILES string of the molecule is COC(=O)[C@H](CCCNC(=O)OC(C)(C)C)NC(=O)c1ccc(C(c2cccs2)c2cccs2)s1. The molecule has 7 nitrogen and oxygen atoms in total. The number of nitrogens with one attached hydrogen (secondary N) is 2. The summed E-state index contributed by atoms with van der Waals surface area (Å²) in [6.07, 6.45) is 0.265. The van der Waals surface area contributed by atoms with Crippen LogP contribution in [0.1, 0.15) is 63.8 Å². The van der Waals surface area contributed by atoms with E-state index >= 15 is 0 Å². The fourth-order valence-corrected chi connectivity index (χ4v) is 6.39. The first-order chi connectivity index (χ1) is 16.7. The zero-order valence-corrected chi connectivity index (χ0v) is 22.6. The van der Waals surface area contributed by atoms with Crippen LogP contribution >= 0.6 is 34.0 Å². The molecule has 0 spiro atoms. The molecule has 3 aromatic rings. The molecule has 10 heteroatoms. The third kappa shape index (κ3) is 7.91. The minimum atomic E-state index is -0.816. The molecule has 3 aromatic heterocycles. The van der Waals surface area contributed by atoms with Gasteiger partial charge in [0.2, 0.25) is 0 Å². The lowest BCUT2D eigenvalue weighted by Crippen LogP contribution is -2.42. The normalized spacial score (nSPS) is 12.3. The van der Waals surface area contributed by atoms with Gasteiger partial charge in [0.15, 0.2) is 0 Å². The van der Waals surface area contributed by atoms with Gasteiger partial charge in [-0.1, -0.05) is 12.1 Å². The monoisotopic (exact) mass is 534 g/mol. The van der Waals surface area contributed by atoms with Crippen LogP contribution in [0.5, 0.6) is 0 Å². The minimum absolute atomic E-state index is 0.0804. The van der Waals surface area contributed by atoms with Crippen LogP contribution < -0.4 is 10.6 Å². The number of thiophene rings is 3. The third-order valence-electron chi connectivity index (χ3n) is 4.92. The largest absolute Gasteiger partial charge is 0.467 e. The number of esters is 1. The van der Waals surface area contributed by atoms with Gasteiger partial charge in [0.25, 0.3) is 5.91 Å². The van der Waals surface area contributed by atoms with Gasteiger partial charge in [-0.2, -0.15) is 0 Å². The number of carbonyl (C=O) groups excluding carboxylic acids is 3. The lowest BCUT2D eigenvalue weighted by atomic mass is 10.0. The molecular weight excluding hydrogens is 504 g/mol. The first kappa shape index (κ1) is 26.9. The number of alkyl carbamates (subject to hydrolysis) is 1. The second-order valence-electron chi connectivity index (χ2n) is 8.79. The standard InChI is InChI=1S/C25H30N2O5S3/c1-25(2,3)32-24(30)26-13-5-8-16(23(29)31-4)27-22(28)20-12-11-19(35-20)21(17-9-6-14-33-17)18-10-7-15-34-18/h6-7,9-12,14-16,21H,5,8,13H2,1-4H3,(H,26,30)(H,27,28)/t16-/m0/s1. The van der Waals surface area contributed by atoms with Gasteiger partial charge in [-0.15, -0.1) is 34.0 Å². The zero-order valence-electron chi connectivity index (χ0n) is 20.2. The fraction of sp³-hybridized carbons (Fsp3) is 0.400. The number of rotatable bonds is 10. The number of ether oxygens (including phenoxy) is 2. The topological polar surface area (TPSA) is 93.7 Å². The lowest BCUT2D eigenvalue weighted by Gasteiger charge is -2.20. The second kappa shape index (κ2) is 12.3. The van der Waals surface area contributed by atoms with Crippen LogP contribution in [-0.4, -0.2) is 43.3 Å². The van der Waals surface area contributed by atoms with E-state index < -0.39 is 23.7 Å². The summed E-state index contributed by atoms with van der Waals surface area (Å²) in [4.78, 5) is 41.1. The van der Waals surface area contributed by atoms with Crippen molar-refractivity contribution in [3.8, 4) is 0 Å². The molecule has 3 heterocycles. The van der Waals surface area contributed by atoms with E-state index in [1.54, 1.807) is 49.5 Å². The van der Waals surface area contributed by atoms with Crippen molar-refractivity contribution < 1.29 is 23.9 Å². The highest BCUT2D eigenvalue weighted by molar-refractivity contribution is 7.15. The number of carbonyl (C=O) groups is 3. The van der Waals surface area contributed by atoms with Gasteiger partial charge in [-0.3, -0.25) is 4.79 Å². The number of hydrogen-bond acceptors (Lipinski definition) is 8. The molecule has 0 aliphatic carbocycles. The van der Waals surface area contributed by atoms with Crippen molar-refractivity contribution in [2.24, 2.45) is 0 Å². The zero-order chi connectivity index (χ0) is 25.4. The summed E-state index contributed by atoms with van der Waals surface area (Å²) in [5.74, 6) is -0.771. The van der Waals surface area contributed by atoms with Crippen LogP contribution in [0.15, 0.2) is 47.2 Å². The molecular formula is C25H30N2O5S3. The molecule has 3 rings (SSSR count). The van der Waals surface area contributed by atoms with E-state index in [1.165, 1.54) is 28.2 Å². The fourth-order valence-electron chi connectivity index (χ4n) is 3.39. The maximum atomic E-state index is 13.0. The molecule has 2 N–H and O–H groups in total. The quantitative estimate of drug-likeness (QED) is 0.260. The first-order valence-electron chi connectivity index (χ1n) is 11.2. The summed E-state index contributed by atoms with van der Waals surface area (Å²) in [7, 11) is 1.29. The van der Waals surface area contributed by atoms with Crippen LogP contribution in [0, 0.1) is 0 Å². The highest BCUT2D eigenvalue weighted by atomic mass is 32.1. The molecule has 35 heavy (non-hydrogen) atoms. The van der Waals surface area contributed by atoms with Gasteiger partial charge in [0.1, 0.15) is 11.6 Å². The van der Waals surface area contributed by atoms with E-state index in [0.29, 0.717) is 24.3 Å². The molecule has 0 saturated carbocycles. The average Bonchev–Trinajstić information content (AvgIpc) is 3.58. The van der Waals surface area contributed by atoms with Crippen molar-refractivity contribution in [2.75, 3.05) is 13.7 Å². The van der Waals surface area contributed by atoms with Crippen LogP contribution in [0.4, 0.5) is 4.79 Å². The van der Waals surface area contributed by atoms with Gasteiger partial charge in [0.05, 0.1) is 17.9 Å². The summed E-state index contributed by atoms with van der Waals surface area (Å²) < 4.78 is 10.1. The molecule has 0 aliphatic heterocycles. The number of hydrogen-bond donors (Lipinski definition) is 2. The summed E-state index contributed by atoms with van der Waals surface area (Å²) in [5, 5.41) is 9.55. The molecule has 1 atom stereocenters. The first-order valence-corrected chi connectivity index (χ1v) is 13.8. The van der Waals surface area contributed by atoms with Crippen molar-refractivity contribution in [2.45, 2.75) is 51.2 Å². The van der Waals surface area contributed by atoms with E-state index in [-0.39, 0.29) is 11.8 Å². The molecule has 0 saturated heterocycles. The molecule has 0 aromatic carbocycles. The Morgan fingerprint density at radius 1 is 0.971 bits per heavy atom. The minimum Gasteiger partial charge on any atom is -0.467 e. The number of methoxy groups -OCH3 is 1. The Labute approximate surface area is 217 Å². The molecule has 0 fully saturated rings. The molecule has 2 amide bonds. The Morgan fingerprint density at radius 2 is 1.63 bits per heavy atom. The molecule has 188 valence electrons. The Kier molecular flexibility index (Phi) is 9.47. The van der Waals surface area contributed by atoms with E-state index in [0.717, 1.165) is 4.88 Å². The van der Waals surface area contributed by atoms with E-state index in [1.807, 2.05) is 18.2 Å². The van der Waals surface area contributed by atoms with Crippen LogP contribution in [0.3, 0.4) is 0 Å². The summed E-state index contributed by atoms with van der Waals surface area (Å²) in [6, 6.07) is 11.2. The van der Waals surface area contributed by atoms with E-state index in [2.05, 4.69) is 33.5 Å². The Morgan fingerprint density at radius 3 is 2.17 bits per heavy atom.